The first-order valence-corrected chi connectivity index (χ1v) is 13.7. The molecule has 1 heterocycles. The number of ketones is 1. The minimum atomic E-state index is -0.691. The predicted octanol–water partition coefficient (Wildman–Crippen LogP) is 5.35. The van der Waals surface area contributed by atoms with E-state index < -0.39 is 6.04 Å². The number of hydrogen-bond donors (Lipinski definition) is 0. The first-order valence-electron chi connectivity index (χ1n) is 13.7. The van der Waals surface area contributed by atoms with Gasteiger partial charge in [0.2, 0.25) is 11.9 Å². The number of carbonyl (C=O) groups excluding carboxylic acids is 2. The largest absolute Gasteiger partial charge is 0.312 e. The van der Waals surface area contributed by atoms with Gasteiger partial charge in [0.25, 0.3) is 0 Å². The maximum absolute atomic E-state index is 14.2. The normalized spacial score (nSPS) is 36.2. The molecule has 0 radical (unpaired) electrons. The molecule has 4 aliphatic rings. The summed E-state index contributed by atoms with van der Waals surface area (Å²) in [5, 5.41) is 11.3. The Balaban J connectivity index is 1.39. The molecule has 5 rings (SSSR count). The molecule has 2 unspecified atom stereocenters. The molecule has 0 aromatic heterocycles. The molecule has 194 valence electrons. The number of aliphatic imine (C=N–C) groups is 1. The monoisotopic (exact) mass is 493 g/mol. The van der Waals surface area contributed by atoms with Crippen molar-refractivity contribution < 1.29 is 14.5 Å². The molecule has 7 nitrogen and oxygen atoms in total. The second-order valence-electron chi connectivity index (χ2n) is 12.2. The third-order valence-corrected chi connectivity index (χ3v) is 10.5. The van der Waals surface area contributed by atoms with Gasteiger partial charge in [-0.1, -0.05) is 32.0 Å². The number of hydrogen-bond acceptors (Lipinski definition) is 5. The summed E-state index contributed by atoms with van der Waals surface area (Å²) in [6.45, 7) is 7.40. The van der Waals surface area contributed by atoms with Crippen LogP contribution in [0.4, 0.5) is 5.69 Å². The molecule has 0 spiro atoms. The molecule has 0 N–H and O–H groups in total. The highest BCUT2D eigenvalue weighted by atomic mass is 16.6. The number of Topliss-reactive ketones (excluding diaryl/α,β-unsaturated/α-hetero) is 1. The third kappa shape index (κ3) is 4.08. The number of rotatable bonds is 6. The Morgan fingerprint density at radius 1 is 1.17 bits per heavy atom. The lowest BCUT2D eigenvalue weighted by Crippen LogP contribution is -2.55. The van der Waals surface area contributed by atoms with Crippen LogP contribution in [-0.4, -0.2) is 41.5 Å². The van der Waals surface area contributed by atoms with Crippen LogP contribution in [0, 0.1) is 44.6 Å². The number of nitrogens with zero attached hydrogens (tertiary/aromatic N) is 3. The molecule has 36 heavy (non-hydrogen) atoms. The lowest BCUT2D eigenvalue weighted by Gasteiger charge is -2.56. The van der Waals surface area contributed by atoms with Crippen LogP contribution in [0.3, 0.4) is 0 Å². The number of para-hydroxylation sites is 1. The molecular formula is C29H39N3O4. The van der Waals surface area contributed by atoms with Gasteiger partial charge in [-0.25, -0.2) is 0 Å². The van der Waals surface area contributed by atoms with Crippen LogP contribution in [0.1, 0.15) is 72.1 Å². The minimum absolute atomic E-state index is 0.0228. The average Bonchev–Trinajstić information content (AvgIpc) is 3.22. The Hall–Kier alpha value is -2.57. The number of anilines is 1. The number of nitro groups is 1. The molecule has 1 aromatic rings. The van der Waals surface area contributed by atoms with Gasteiger partial charge in [0.1, 0.15) is 5.78 Å². The molecule has 7 heteroatoms. The summed E-state index contributed by atoms with van der Waals surface area (Å²) in [5.41, 5.74) is 1.89. The van der Waals surface area contributed by atoms with Crippen molar-refractivity contribution >= 4 is 23.1 Å². The van der Waals surface area contributed by atoms with Gasteiger partial charge in [0.05, 0.1) is 0 Å². The van der Waals surface area contributed by atoms with E-state index in [4.69, 9.17) is 4.99 Å². The van der Waals surface area contributed by atoms with Crippen molar-refractivity contribution in [2.45, 2.75) is 78.2 Å². The van der Waals surface area contributed by atoms with Crippen LogP contribution in [0.25, 0.3) is 0 Å². The lowest BCUT2D eigenvalue weighted by atomic mass is 9.49. The van der Waals surface area contributed by atoms with E-state index in [9.17, 15) is 19.7 Å². The average molecular weight is 494 g/mol. The Morgan fingerprint density at radius 3 is 2.64 bits per heavy atom. The zero-order valence-electron chi connectivity index (χ0n) is 21.8. The second-order valence-corrected chi connectivity index (χ2v) is 12.2. The molecule has 3 aliphatic carbocycles. The summed E-state index contributed by atoms with van der Waals surface area (Å²) in [7, 11) is 0. The predicted molar refractivity (Wildman–Crippen MR) is 140 cm³/mol. The van der Waals surface area contributed by atoms with E-state index in [2.05, 4.69) is 13.8 Å². The Bertz CT molecular complexity index is 1070. The number of benzene rings is 1. The highest BCUT2D eigenvalue weighted by Crippen LogP contribution is 2.64. The molecule has 0 bridgehead atoms. The van der Waals surface area contributed by atoms with Gasteiger partial charge in [-0.05, 0) is 67.4 Å². The Kier molecular flexibility index (Phi) is 6.54. The fourth-order valence-electron chi connectivity index (χ4n) is 8.19. The van der Waals surface area contributed by atoms with Crippen molar-refractivity contribution in [1.82, 2.24) is 0 Å². The highest BCUT2D eigenvalue weighted by Gasteiger charge is 2.61. The van der Waals surface area contributed by atoms with E-state index in [1.54, 1.807) is 6.92 Å². The fraction of sp³-hybridized carbons (Fsp3) is 0.690. The van der Waals surface area contributed by atoms with Crippen LogP contribution < -0.4 is 4.90 Å². The van der Waals surface area contributed by atoms with Crippen molar-refractivity contribution in [3.63, 3.8) is 0 Å². The smallest absolute Gasteiger partial charge is 0.230 e. The van der Waals surface area contributed by atoms with E-state index in [0.717, 1.165) is 50.0 Å². The lowest BCUT2D eigenvalue weighted by molar-refractivity contribution is -0.518. The van der Waals surface area contributed by atoms with E-state index >= 15 is 0 Å². The maximum Gasteiger partial charge on any atom is 0.230 e. The summed E-state index contributed by atoms with van der Waals surface area (Å²) < 4.78 is 0. The number of amides is 1. The van der Waals surface area contributed by atoms with Crippen molar-refractivity contribution in [3.8, 4) is 0 Å². The van der Waals surface area contributed by atoms with E-state index in [0.29, 0.717) is 49.3 Å². The van der Waals surface area contributed by atoms with Crippen molar-refractivity contribution in [3.05, 3.63) is 40.4 Å². The zero-order valence-corrected chi connectivity index (χ0v) is 21.8. The summed E-state index contributed by atoms with van der Waals surface area (Å²) in [6.07, 6.45) is 6.42. The second kappa shape index (κ2) is 9.38. The maximum atomic E-state index is 14.2. The van der Waals surface area contributed by atoms with E-state index in [1.165, 1.54) is 0 Å². The molecular weight excluding hydrogens is 454 g/mol. The topological polar surface area (TPSA) is 92.9 Å². The van der Waals surface area contributed by atoms with Crippen molar-refractivity contribution in [2.75, 3.05) is 18.0 Å². The van der Waals surface area contributed by atoms with E-state index in [-0.39, 0.29) is 27.6 Å². The van der Waals surface area contributed by atoms with Crippen LogP contribution >= 0.6 is 0 Å². The molecule has 1 aliphatic heterocycles. The molecule has 1 amide bonds. The summed E-state index contributed by atoms with van der Waals surface area (Å²) in [4.78, 5) is 44.1. The van der Waals surface area contributed by atoms with Crippen molar-refractivity contribution in [2.24, 2.45) is 39.5 Å². The summed E-state index contributed by atoms with van der Waals surface area (Å²) >= 11 is 0. The van der Waals surface area contributed by atoms with Gasteiger partial charge in [-0.2, -0.15) is 0 Å². The Labute approximate surface area is 213 Å². The standard InChI is InChI=1S/C29H39N3O4/c1-19(32(35)36)13-16-31(20-7-5-4-6-8-20)27(34)25-10-9-23-22-18-30-26-17-21(33)11-14-29(26,3)24(22)12-15-28(23,25)2/h4-8,19,22-25H,9-18H2,1-3H3/t19?,22-,23-,24+,25?,28-,29+/m0/s1. The van der Waals surface area contributed by atoms with Crippen LogP contribution in [0.15, 0.2) is 35.3 Å². The van der Waals surface area contributed by atoms with Crippen LogP contribution in [0.2, 0.25) is 0 Å². The van der Waals surface area contributed by atoms with Gasteiger partial charge in [-0.3, -0.25) is 24.7 Å². The van der Waals surface area contributed by atoms with Crippen molar-refractivity contribution in [1.29, 1.82) is 0 Å². The van der Waals surface area contributed by atoms with Gasteiger partial charge in [-0.15, -0.1) is 0 Å². The third-order valence-electron chi connectivity index (χ3n) is 10.5. The van der Waals surface area contributed by atoms with Crippen LogP contribution in [0.5, 0.6) is 0 Å². The summed E-state index contributed by atoms with van der Waals surface area (Å²) in [5.74, 6) is 1.80. The van der Waals surface area contributed by atoms with Gasteiger partial charge >= 0.3 is 0 Å². The van der Waals surface area contributed by atoms with Gasteiger partial charge < -0.3 is 4.90 Å². The number of carbonyl (C=O) groups is 2. The van der Waals surface area contributed by atoms with Gasteiger partial charge in [0.15, 0.2) is 0 Å². The molecule has 1 aromatic carbocycles. The zero-order chi connectivity index (χ0) is 25.7. The first kappa shape index (κ1) is 25.1. The first-order chi connectivity index (χ1) is 17.1. The van der Waals surface area contributed by atoms with E-state index in [1.807, 2.05) is 35.2 Å². The van der Waals surface area contributed by atoms with Crippen LogP contribution in [-0.2, 0) is 9.59 Å². The molecule has 7 atom stereocenters. The fourth-order valence-corrected chi connectivity index (χ4v) is 8.19. The quantitative estimate of drug-likeness (QED) is 0.394. The minimum Gasteiger partial charge on any atom is -0.312 e. The molecule has 3 saturated carbocycles. The Morgan fingerprint density at radius 2 is 1.92 bits per heavy atom. The number of fused-ring (bicyclic) bond motifs is 5. The molecule has 3 fully saturated rings. The van der Waals surface area contributed by atoms with Gasteiger partial charge in [0, 0.05) is 66.9 Å². The summed E-state index contributed by atoms with van der Waals surface area (Å²) in [6, 6.07) is 8.95. The molecule has 0 saturated heterocycles. The highest BCUT2D eigenvalue weighted by molar-refractivity contribution is 6.07. The SMILES string of the molecule is CC(CCN(C(=O)C1CC[C@H]2[C@@H]3CN=C4CC(=O)CC[C@]4(C)[C@@H]3CC[C@]12C)c1ccccc1)[N+](=O)[O-].